The van der Waals surface area contributed by atoms with E-state index in [9.17, 15) is 9.18 Å². The summed E-state index contributed by atoms with van der Waals surface area (Å²) in [5.41, 5.74) is 0.667. The number of aldehydes is 1. The normalized spacial score (nSPS) is 10.0. The van der Waals surface area contributed by atoms with Crippen LogP contribution < -0.4 is 0 Å². The molecule has 3 heteroatoms. The average molecular weight is 189 g/mol. The summed E-state index contributed by atoms with van der Waals surface area (Å²) >= 11 is 0. The van der Waals surface area contributed by atoms with Gasteiger partial charge in [-0.1, -0.05) is 18.2 Å². The van der Waals surface area contributed by atoms with Crippen molar-refractivity contribution in [1.82, 2.24) is 0 Å². The molecule has 14 heavy (non-hydrogen) atoms. The lowest BCUT2D eigenvalue weighted by atomic mass is 10.1. The number of hydrogen-bond donors (Lipinski definition) is 0. The topological polar surface area (TPSA) is 40.9 Å². The molecule has 0 saturated heterocycles. The zero-order valence-corrected chi connectivity index (χ0v) is 7.40. The predicted molar refractivity (Wildman–Crippen MR) is 50.8 cm³/mol. The molecule has 1 aromatic carbocycles. The minimum absolute atomic E-state index is 0.0255. The Morgan fingerprint density at radius 1 is 1.50 bits per heavy atom. The molecule has 70 valence electrons. The highest BCUT2D eigenvalue weighted by Gasteiger charge is 1.99. The van der Waals surface area contributed by atoms with Crippen molar-refractivity contribution in [1.29, 1.82) is 5.26 Å². The van der Waals surface area contributed by atoms with Crippen LogP contribution in [-0.4, -0.2) is 6.29 Å². The third-order valence-corrected chi connectivity index (χ3v) is 1.66. The van der Waals surface area contributed by atoms with Crippen molar-refractivity contribution in [2.24, 2.45) is 0 Å². The molecule has 1 rings (SSSR count). The molecule has 0 bridgehead atoms. The lowest BCUT2D eigenvalue weighted by Crippen LogP contribution is -1.83. The molecule has 0 unspecified atom stereocenters. The van der Waals surface area contributed by atoms with Crippen molar-refractivity contribution in [3.05, 3.63) is 41.2 Å². The third-order valence-electron chi connectivity index (χ3n) is 1.66. The summed E-state index contributed by atoms with van der Waals surface area (Å²) in [5, 5.41) is 8.47. The van der Waals surface area contributed by atoms with Crippen molar-refractivity contribution in [2.45, 2.75) is 6.42 Å². The van der Waals surface area contributed by atoms with Gasteiger partial charge in [0, 0.05) is 6.42 Å². The van der Waals surface area contributed by atoms with Gasteiger partial charge in [-0.15, -0.1) is 0 Å². The van der Waals surface area contributed by atoms with Crippen LogP contribution >= 0.6 is 0 Å². The van der Waals surface area contributed by atoms with Crippen LogP contribution in [0.25, 0.3) is 6.08 Å². The van der Waals surface area contributed by atoms with Gasteiger partial charge in [0.1, 0.15) is 18.2 Å². The molecule has 0 spiro atoms. The largest absolute Gasteiger partial charge is 0.303 e. The predicted octanol–water partition coefficient (Wildman–Crippen LogP) is 2.30. The molecule has 0 aliphatic heterocycles. The van der Waals surface area contributed by atoms with E-state index in [-0.39, 0.29) is 5.56 Å². The van der Waals surface area contributed by atoms with Gasteiger partial charge in [-0.2, -0.15) is 5.26 Å². The third kappa shape index (κ3) is 2.53. The van der Waals surface area contributed by atoms with Gasteiger partial charge >= 0.3 is 0 Å². The van der Waals surface area contributed by atoms with Crippen LogP contribution in [0.2, 0.25) is 0 Å². The monoisotopic (exact) mass is 189 g/mol. The SMILES string of the molecule is N#Cc1ccc(C=CCC=O)cc1F. The molecule has 0 fully saturated rings. The van der Waals surface area contributed by atoms with Gasteiger partial charge in [0.05, 0.1) is 5.56 Å². The van der Waals surface area contributed by atoms with Gasteiger partial charge in [-0.25, -0.2) is 4.39 Å². The molecule has 2 nitrogen and oxygen atoms in total. The fourth-order valence-corrected chi connectivity index (χ4v) is 0.985. The molecule has 1 aromatic rings. The Balaban J connectivity index is 2.87. The number of halogens is 1. The van der Waals surface area contributed by atoms with Crippen molar-refractivity contribution >= 4 is 12.4 Å². The molecule has 0 heterocycles. The van der Waals surface area contributed by atoms with Crippen LogP contribution in [0.1, 0.15) is 17.5 Å². The number of benzene rings is 1. The van der Waals surface area contributed by atoms with Crippen LogP contribution in [0.5, 0.6) is 0 Å². The molecular formula is C11H8FNO. The first kappa shape index (κ1) is 10.1. The molecular weight excluding hydrogens is 181 g/mol. The van der Waals surface area contributed by atoms with Gasteiger partial charge in [-0.05, 0) is 17.7 Å². The van der Waals surface area contributed by atoms with Crippen molar-refractivity contribution < 1.29 is 9.18 Å². The van der Waals surface area contributed by atoms with E-state index in [4.69, 9.17) is 5.26 Å². The number of rotatable bonds is 3. The van der Waals surface area contributed by atoms with Gasteiger partial charge in [-0.3, -0.25) is 0 Å². The van der Waals surface area contributed by atoms with Crippen molar-refractivity contribution in [2.75, 3.05) is 0 Å². The maximum absolute atomic E-state index is 13.0. The Labute approximate surface area is 81.3 Å². The fourth-order valence-electron chi connectivity index (χ4n) is 0.985. The van der Waals surface area contributed by atoms with E-state index >= 15 is 0 Å². The summed E-state index contributed by atoms with van der Waals surface area (Å²) in [6, 6.07) is 6.04. The summed E-state index contributed by atoms with van der Waals surface area (Å²) in [5.74, 6) is -0.541. The van der Waals surface area contributed by atoms with Gasteiger partial charge in [0.25, 0.3) is 0 Å². The maximum Gasteiger partial charge on any atom is 0.141 e. The van der Waals surface area contributed by atoms with E-state index in [0.717, 1.165) is 6.29 Å². The smallest absolute Gasteiger partial charge is 0.141 e. The van der Waals surface area contributed by atoms with E-state index < -0.39 is 5.82 Å². The second-order valence-corrected chi connectivity index (χ2v) is 2.66. The molecule has 0 amide bonds. The molecule has 0 aliphatic carbocycles. The lowest BCUT2D eigenvalue weighted by Gasteiger charge is -1.95. The summed E-state index contributed by atoms with van der Waals surface area (Å²) in [4.78, 5) is 9.99. The molecule has 0 atom stereocenters. The Morgan fingerprint density at radius 3 is 2.86 bits per heavy atom. The van der Waals surface area contributed by atoms with Crippen LogP contribution in [0, 0.1) is 17.1 Å². The Morgan fingerprint density at radius 2 is 2.29 bits per heavy atom. The summed E-state index contributed by atoms with van der Waals surface area (Å²) < 4.78 is 13.0. The Bertz CT molecular complexity index is 404. The van der Waals surface area contributed by atoms with Crippen LogP contribution in [-0.2, 0) is 4.79 Å². The van der Waals surface area contributed by atoms with E-state index in [1.165, 1.54) is 12.1 Å². The average Bonchev–Trinajstić information content (AvgIpc) is 2.18. The van der Waals surface area contributed by atoms with Crippen molar-refractivity contribution in [3.8, 4) is 6.07 Å². The number of nitrogens with zero attached hydrogens (tertiary/aromatic N) is 1. The zero-order valence-electron chi connectivity index (χ0n) is 7.40. The number of allylic oxidation sites excluding steroid dienone is 1. The van der Waals surface area contributed by atoms with E-state index in [0.29, 0.717) is 12.0 Å². The highest BCUT2D eigenvalue weighted by Crippen LogP contribution is 2.10. The number of hydrogen-bond acceptors (Lipinski definition) is 2. The molecule has 0 aliphatic rings. The Kier molecular flexibility index (Phi) is 3.57. The van der Waals surface area contributed by atoms with Gasteiger partial charge < -0.3 is 4.79 Å². The minimum atomic E-state index is -0.541. The summed E-state index contributed by atoms with van der Waals surface area (Å²) in [7, 11) is 0. The zero-order chi connectivity index (χ0) is 10.4. The number of carbonyl (C=O) groups is 1. The molecule has 0 aromatic heterocycles. The standard InChI is InChI=1S/C11H8FNO/c12-11-7-9(3-1-2-6-14)4-5-10(11)8-13/h1,3-7H,2H2. The number of carbonyl (C=O) groups excluding carboxylic acids is 1. The molecule has 0 N–H and O–H groups in total. The quantitative estimate of drug-likeness (QED) is 0.684. The first-order valence-corrected chi connectivity index (χ1v) is 4.07. The van der Waals surface area contributed by atoms with Gasteiger partial charge in [0.2, 0.25) is 0 Å². The van der Waals surface area contributed by atoms with E-state index in [1.807, 2.05) is 0 Å². The van der Waals surface area contributed by atoms with Gasteiger partial charge in [0.15, 0.2) is 0 Å². The highest BCUT2D eigenvalue weighted by molar-refractivity contribution is 5.58. The van der Waals surface area contributed by atoms with E-state index in [2.05, 4.69) is 0 Å². The highest BCUT2D eigenvalue weighted by atomic mass is 19.1. The van der Waals surface area contributed by atoms with Crippen LogP contribution in [0.3, 0.4) is 0 Å². The minimum Gasteiger partial charge on any atom is -0.303 e. The fraction of sp³-hybridized carbons (Fsp3) is 0.0909. The van der Waals surface area contributed by atoms with Crippen LogP contribution in [0.15, 0.2) is 24.3 Å². The summed E-state index contributed by atoms with van der Waals surface area (Å²) in [6.45, 7) is 0. The van der Waals surface area contributed by atoms with Crippen molar-refractivity contribution in [3.63, 3.8) is 0 Å². The first-order valence-electron chi connectivity index (χ1n) is 4.07. The first-order chi connectivity index (χ1) is 6.77. The Hall–Kier alpha value is -1.95. The second-order valence-electron chi connectivity index (χ2n) is 2.66. The second kappa shape index (κ2) is 4.93. The van der Waals surface area contributed by atoms with E-state index in [1.54, 1.807) is 24.3 Å². The lowest BCUT2D eigenvalue weighted by molar-refractivity contribution is -0.107. The number of nitriles is 1. The maximum atomic E-state index is 13.0. The van der Waals surface area contributed by atoms with Crippen LogP contribution in [0.4, 0.5) is 4.39 Å². The molecule has 0 radical (unpaired) electrons. The molecule has 0 saturated carbocycles. The summed E-state index contributed by atoms with van der Waals surface area (Å²) in [6.07, 6.45) is 4.34.